The van der Waals surface area contributed by atoms with E-state index in [1.165, 1.54) is 10.4 Å². The van der Waals surface area contributed by atoms with E-state index >= 15 is 0 Å². The van der Waals surface area contributed by atoms with Crippen molar-refractivity contribution in [2.75, 3.05) is 12.4 Å². The number of hydrazone groups is 1. The predicted molar refractivity (Wildman–Crippen MR) is 102 cm³/mol. The van der Waals surface area contributed by atoms with Gasteiger partial charge in [-0.1, -0.05) is 31.4 Å². The first-order valence-electron chi connectivity index (χ1n) is 9.13. The van der Waals surface area contributed by atoms with Gasteiger partial charge in [-0.15, -0.1) is 0 Å². The number of benzene rings is 1. The highest BCUT2D eigenvalue weighted by atomic mass is 32.2. The van der Waals surface area contributed by atoms with Crippen LogP contribution in [0.5, 0.6) is 0 Å². The number of para-hydroxylation sites is 1. The van der Waals surface area contributed by atoms with Gasteiger partial charge in [-0.3, -0.25) is 9.59 Å². The zero-order valence-corrected chi connectivity index (χ0v) is 16.1. The number of sulfonamides is 1. The fourth-order valence-corrected chi connectivity index (χ4v) is 4.98. The summed E-state index contributed by atoms with van der Waals surface area (Å²) in [7, 11) is -2.14. The van der Waals surface area contributed by atoms with Gasteiger partial charge in [0.2, 0.25) is 15.9 Å². The number of rotatable bonds is 5. The molecule has 1 heterocycles. The molecule has 2 N–H and O–H groups in total. The van der Waals surface area contributed by atoms with Gasteiger partial charge in [-0.25, -0.2) is 13.8 Å². The number of nitrogens with zero attached hydrogens (tertiary/aromatic N) is 2. The lowest BCUT2D eigenvalue weighted by Crippen LogP contribution is -2.39. The average Bonchev–Trinajstić information content (AvgIpc) is 2.69. The zero-order chi connectivity index (χ0) is 19.4. The molecule has 1 aromatic carbocycles. The van der Waals surface area contributed by atoms with Crippen LogP contribution in [0, 0.1) is 0 Å². The van der Waals surface area contributed by atoms with E-state index in [2.05, 4.69) is 15.8 Å². The van der Waals surface area contributed by atoms with Crippen molar-refractivity contribution in [1.82, 2.24) is 9.73 Å². The van der Waals surface area contributed by atoms with E-state index in [9.17, 15) is 18.0 Å². The lowest BCUT2D eigenvalue weighted by atomic mass is 9.96. The first-order chi connectivity index (χ1) is 12.9. The zero-order valence-electron chi connectivity index (χ0n) is 15.3. The van der Waals surface area contributed by atoms with Crippen molar-refractivity contribution >= 4 is 33.2 Å². The van der Waals surface area contributed by atoms with Crippen LogP contribution in [0.3, 0.4) is 0 Å². The number of carbonyl (C=O) groups excluding carboxylic acids is 2. The maximum absolute atomic E-state index is 13.1. The molecular weight excluding hydrogens is 368 g/mol. The average molecular weight is 392 g/mol. The first kappa shape index (κ1) is 19.5. The lowest BCUT2D eigenvalue weighted by molar-refractivity contribution is -0.121. The van der Waals surface area contributed by atoms with Gasteiger partial charge >= 0.3 is 0 Å². The molecule has 27 heavy (non-hydrogen) atoms. The Morgan fingerprint density at radius 3 is 2.56 bits per heavy atom. The third-order valence-electron chi connectivity index (χ3n) is 5.05. The molecule has 9 heteroatoms. The lowest BCUT2D eigenvalue weighted by Gasteiger charge is -2.31. The molecule has 1 aliphatic heterocycles. The molecule has 0 aromatic heterocycles. The van der Waals surface area contributed by atoms with Crippen molar-refractivity contribution in [2.24, 2.45) is 5.10 Å². The number of carbonyl (C=O) groups is 2. The monoisotopic (exact) mass is 392 g/mol. The highest BCUT2D eigenvalue weighted by Gasteiger charge is 2.31. The topological polar surface area (TPSA) is 108 Å². The third-order valence-corrected chi connectivity index (χ3v) is 7.02. The van der Waals surface area contributed by atoms with Crippen LogP contribution in [0.4, 0.5) is 5.69 Å². The van der Waals surface area contributed by atoms with Crippen molar-refractivity contribution in [1.29, 1.82) is 0 Å². The smallest absolute Gasteiger partial charge is 0.271 e. The molecule has 2 amide bonds. The maximum Gasteiger partial charge on any atom is 0.271 e. The summed E-state index contributed by atoms with van der Waals surface area (Å²) in [6, 6.07) is 6.33. The predicted octanol–water partition coefficient (Wildman–Crippen LogP) is 1.84. The summed E-state index contributed by atoms with van der Waals surface area (Å²) in [6.45, 7) is 0. The van der Waals surface area contributed by atoms with Crippen molar-refractivity contribution < 1.29 is 18.0 Å². The fourth-order valence-electron chi connectivity index (χ4n) is 3.42. The van der Waals surface area contributed by atoms with E-state index in [0.717, 1.165) is 32.1 Å². The molecule has 2 aliphatic rings. The normalized spacial score (nSPS) is 18.7. The molecule has 1 aliphatic carbocycles. The Balaban J connectivity index is 1.82. The summed E-state index contributed by atoms with van der Waals surface area (Å²) in [5.41, 5.74) is 2.65. The Hall–Kier alpha value is -2.26. The maximum atomic E-state index is 13.1. The van der Waals surface area contributed by atoms with Gasteiger partial charge in [0.25, 0.3) is 5.91 Å². The molecule has 0 unspecified atom stereocenters. The van der Waals surface area contributed by atoms with Crippen LogP contribution in [0.2, 0.25) is 0 Å². The van der Waals surface area contributed by atoms with E-state index in [-0.39, 0.29) is 41.1 Å². The highest BCUT2D eigenvalue weighted by Crippen LogP contribution is 2.29. The van der Waals surface area contributed by atoms with E-state index in [0.29, 0.717) is 0 Å². The van der Waals surface area contributed by atoms with Gasteiger partial charge in [0.15, 0.2) is 0 Å². The second-order valence-corrected chi connectivity index (χ2v) is 8.82. The minimum Gasteiger partial charge on any atom is -0.320 e. The molecule has 1 aromatic rings. The quantitative estimate of drug-likeness (QED) is 0.797. The summed E-state index contributed by atoms with van der Waals surface area (Å²) in [5.74, 6) is -0.762. The summed E-state index contributed by atoms with van der Waals surface area (Å²) in [6.07, 6.45) is 5.27. The van der Waals surface area contributed by atoms with Gasteiger partial charge in [0.1, 0.15) is 10.6 Å². The van der Waals surface area contributed by atoms with Crippen LogP contribution in [0.15, 0.2) is 34.3 Å². The van der Waals surface area contributed by atoms with E-state index in [4.69, 9.17) is 0 Å². The Morgan fingerprint density at radius 2 is 1.89 bits per heavy atom. The van der Waals surface area contributed by atoms with Gasteiger partial charge in [-0.2, -0.15) is 9.41 Å². The van der Waals surface area contributed by atoms with Crippen molar-refractivity contribution in [2.45, 2.75) is 55.9 Å². The van der Waals surface area contributed by atoms with E-state index < -0.39 is 15.9 Å². The number of amides is 2. The van der Waals surface area contributed by atoms with Crippen LogP contribution in [-0.4, -0.2) is 43.3 Å². The molecule has 1 fully saturated rings. The molecule has 0 atom stereocenters. The number of anilines is 1. The second-order valence-electron chi connectivity index (χ2n) is 6.86. The van der Waals surface area contributed by atoms with E-state index in [1.807, 2.05) is 0 Å². The molecule has 3 rings (SSSR count). The Kier molecular flexibility index (Phi) is 5.91. The largest absolute Gasteiger partial charge is 0.320 e. The minimum atomic E-state index is -3.75. The van der Waals surface area contributed by atoms with Crippen molar-refractivity contribution in [3.8, 4) is 0 Å². The number of hydrogen-bond donors (Lipinski definition) is 2. The van der Waals surface area contributed by atoms with Gasteiger partial charge < -0.3 is 5.32 Å². The van der Waals surface area contributed by atoms with Crippen LogP contribution < -0.4 is 10.7 Å². The third kappa shape index (κ3) is 4.36. The van der Waals surface area contributed by atoms with Crippen LogP contribution in [0.1, 0.15) is 44.9 Å². The SMILES string of the molecule is CN(C1CCCCC1)S(=O)(=O)c1ccccc1NC(=O)C1=NNC(=O)CC1. The Morgan fingerprint density at radius 1 is 1.19 bits per heavy atom. The second kappa shape index (κ2) is 8.18. The summed E-state index contributed by atoms with van der Waals surface area (Å²) >= 11 is 0. The molecule has 0 saturated heterocycles. The first-order valence-corrected chi connectivity index (χ1v) is 10.6. The summed E-state index contributed by atoms with van der Waals surface area (Å²) < 4.78 is 27.7. The molecule has 0 bridgehead atoms. The summed E-state index contributed by atoms with van der Waals surface area (Å²) in [4.78, 5) is 23.7. The van der Waals surface area contributed by atoms with Crippen LogP contribution >= 0.6 is 0 Å². The molecule has 146 valence electrons. The van der Waals surface area contributed by atoms with Gasteiger partial charge in [0, 0.05) is 25.9 Å². The molecule has 8 nitrogen and oxygen atoms in total. The highest BCUT2D eigenvalue weighted by molar-refractivity contribution is 7.89. The van der Waals surface area contributed by atoms with Gasteiger partial charge in [-0.05, 0) is 25.0 Å². The molecule has 0 radical (unpaired) electrons. The molecule has 1 saturated carbocycles. The minimum absolute atomic E-state index is 0.0227. The molecule has 0 spiro atoms. The number of hydrogen-bond acceptors (Lipinski definition) is 5. The van der Waals surface area contributed by atoms with Crippen molar-refractivity contribution in [3.05, 3.63) is 24.3 Å². The van der Waals surface area contributed by atoms with E-state index in [1.54, 1.807) is 25.2 Å². The Labute approximate surface area is 159 Å². The molecular formula is C18H24N4O4S. The van der Waals surface area contributed by atoms with Crippen molar-refractivity contribution in [3.63, 3.8) is 0 Å². The van der Waals surface area contributed by atoms with Crippen LogP contribution in [0.25, 0.3) is 0 Å². The summed E-state index contributed by atoms with van der Waals surface area (Å²) in [5, 5.41) is 6.38. The number of nitrogens with one attached hydrogen (secondary N) is 2. The van der Waals surface area contributed by atoms with Gasteiger partial charge in [0.05, 0.1) is 5.69 Å². The van der Waals surface area contributed by atoms with Crippen LogP contribution in [-0.2, 0) is 19.6 Å². The fraction of sp³-hybridized carbons (Fsp3) is 0.500. The Bertz CT molecular complexity index is 860. The standard InChI is InChI=1S/C18H24N4O4S/c1-22(13-7-3-2-4-8-13)27(25,26)16-10-6-5-9-14(16)19-18(24)15-11-12-17(23)21-20-15/h5-6,9-10,13H,2-4,7-8,11-12H2,1H3,(H,19,24)(H,21,23).